The average Bonchev–Trinajstić information content (AvgIpc) is 3.05. The Labute approximate surface area is 158 Å². The highest BCUT2D eigenvalue weighted by molar-refractivity contribution is 6.30. The number of nitrogens with one attached hydrogen (secondary N) is 1. The van der Waals surface area contributed by atoms with Crippen molar-refractivity contribution in [1.29, 1.82) is 0 Å². The molecule has 0 radical (unpaired) electrons. The van der Waals surface area contributed by atoms with Crippen LogP contribution in [0.15, 0.2) is 42.5 Å². The van der Waals surface area contributed by atoms with Crippen molar-refractivity contribution in [3.63, 3.8) is 0 Å². The van der Waals surface area contributed by atoms with Gasteiger partial charge in [0.15, 0.2) is 5.82 Å². The van der Waals surface area contributed by atoms with E-state index in [-0.39, 0.29) is 11.7 Å². The standard InChI is InChI=1S/C20H21ClN4O/c1-4-10-22-20(26)18-23-19(15-6-5-7-16(21)12-15)25(24-18)17-9-8-13(2)11-14(17)3/h5-9,11-12H,4,10H2,1-3H3,(H,22,26). The Kier molecular flexibility index (Phi) is 5.38. The van der Waals surface area contributed by atoms with Crippen LogP contribution in [0, 0.1) is 13.8 Å². The third-order valence-corrected chi connectivity index (χ3v) is 4.24. The van der Waals surface area contributed by atoms with Gasteiger partial charge in [-0.2, -0.15) is 0 Å². The highest BCUT2D eigenvalue weighted by Crippen LogP contribution is 2.25. The van der Waals surface area contributed by atoms with Gasteiger partial charge in [0.05, 0.1) is 5.69 Å². The molecule has 0 saturated heterocycles. The number of hydrogen-bond acceptors (Lipinski definition) is 3. The molecule has 26 heavy (non-hydrogen) atoms. The Morgan fingerprint density at radius 3 is 2.69 bits per heavy atom. The predicted molar refractivity (Wildman–Crippen MR) is 104 cm³/mol. The molecule has 0 aliphatic carbocycles. The topological polar surface area (TPSA) is 59.8 Å². The minimum Gasteiger partial charge on any atom is -0.349 e. The van der Waals surface area contributed by atoms with Gasteiger partial charge in [0.25, 0.3) is 5.91 Å². The van der Waals surface area contributed by atoms with Crippen LogP contribution in [-0.2, 0) is 0 Å². The van der Waals surface area contributed by atoms with Crippen molar-refractivity contribution in [1.82, 2.24) is 20.1 Å². The molecule has 1 aromatic heterocycles. The van der Waals surface area contributed by atoms with Crippen molar-refractivity contribution >= 4 is 17.5 Å². The first kappa shape index (κ1) is 18.1. The van der Waals surface area contributed by atoms with Crippen LogP contribution in [-0.4, -0.2) is 27.2 Å². The smallest absolute Gasteiger partial charge is 0.290 e. The van der Waals surface area contributed by atoms with E-state index in [4.69, 9.17) is 11.6 Å². The summed E-state index contributed by atoms with van der Waals surface area (Å²) in [7, 11) is 0. The molecular weight excluding hydrogens is 348 g/mol. The van der Waals surface area contributed by atoms with E-state index in [9.17, 15) is 4.79 Å². The maximum atomic E-state index is 12.4. The number of carbonyl (C=O) groups excluding carboxylic acids is 1. The summed E-state index contributed by atoms with van der Waals surface area (Å²) in [6.07, 6.45) is 0.852. The summed E-state index contributed by atoms with van der Waals surface area (Å²) < 4.78 is 1.71. The lowest BCUT2D eigenvalue weighted by atomic mass is 10.1. The molecule has 0 atom stereocenters. The van der Waals surface area contributed by atoms with Gasteiger partial charge >= 0.3 is 0 Å². The summed E-state index contributed by atoms with van der Waals surface area (Å²) in [4.78, 5) is 16.9. The number of halogens is 1. The minimum absolute atomic E-state index is 0.147. The summed E-state index contributed by atoms with van der Waals surface area (Å²) in [6.45, 7) is 6.64. The molecule has 0 aliphatic rings. The van der Waals surface area contributed by atoms with Crippen LogP contribution in [0.5, 0.6) is 0 Å². The van der Waals surface area contributed by atoms with Crippen LogP contribution >= 0.6 is 11.6 Å². The van der Waals surface area contributed by atoms with Crippen molar-refractivity contribution in [2.45, 2.75) is 27.2 Å². The number of rotatable bonds is 5. The lowest BCUT2D eigenvalue weighted by Crippen LogP contribution is -2.25. The molecule has 0 spiro atoms. The van der Waals surface area contributed by atoms with Crippen molar-refractivity contribution in [3.8, 4) is 17.1 Å². The Hall–Kier alpha value is -2.66. The monoisotopic (exact) mass is 368 g/mol. The molecule has 3 rings (SSSR count). The summed E-state index contributed by atoms with van der Waals surface area (Å²) in [5, 5.41) is 7.91. The quantitative estimate of drug-likeness (QED) is 0.728. The van der Waals surface area contributed by atoms with Crippen LogP contribution < -0.4 is 5.32 Å². The molecule has 1 amide bonds. The lowest BCUT2D eigenvalue weighted by Gasteiger charge is -2.10. The highest BCUT2D eigenvalue weighted by atomic mass is 35.5. The fourth-order valence-electron chi connectivity index (χ4n) is 2.75. The second kappa shape index (κ2) is 7.70. The van der Waals surface area contributed by atoms with Crippen molar-refractivity contribution in [2.24, 2.45) is 0 Å². The Balaban J connectivity index is 2.14. The third kappa shape index (κ3) is 3.78. The number of aromatic nitrogens is 3. The van der Waals surface area contributed by atoms with E-state index in [0.29, 0.717) is 17.4 Å². The van der Waals surface area contributed by atoms with Gasteiger partial charge in [0, 0.05) is 17.1 Å². The van der Waals surface area contributed by atoms with E-state index in [2.05, 4.69) is 21.5 Å². The van der Waals surface area contributed by atoms with Gasteiger partial charge in [-0.05, 0) is 44.0 Å². The van der Waals surface area contributed by atoms with Gasteiger partial charge in [-0.3, -0.25) is 4.79 Å². The zero-order valence-electron chi connectivity index (χ0n) is 15.1. The van der Waals surface area contributed by atoms with Crippen LogP contribution in [0.1, 0.15) is 35.1 Å². The molecule has 1 N–H and O–H groups in total. The van der Waals surface area contributed by atoms with Gasteiger partial charge in [-0.1, -0.05) is 48.4 Å². The Morgan fingerprint density at radius 1 is 1.19 bits per heavy atom. The molecule has 0 aliphatic heterocycles. The summed E-state index contributed by atoms with van der Waals surface area (Å²) in [5.41, 5.74) is 3.91. The van der Waals surface area contributed by atoms with Gasteiger partial charge in [0.1, 0.15) is 0 Å². The molecule has 6 heteroatoms. The second-order valence-corrected chi connectivity index (χ2v) is 6.66. The predicted octanol–water partition coefficient (Wildman–Crippen LogP) is 4.34. The molecule has 0 saturated carbocycles. The zero-order valence-corrected chi connectivity index (χ0v) is 15.8. The number of benzene rings is 2. The van der Waals surface area contributed by atoms with E-state index >= 15 is 0 Å². The molecule has 0 fully saturated rings. The molecule has 0 bridgehead atoms. The summed E-state index contributed by atoms with van der Waals surface area (Å²) >= 11 is 6.15. The fraction of sp³-hybridized carbons (Fsp3) is 0.250. The molecule has 3 aromatic rings. The molecule has 0 unspecified atom stereocenters. The first-order valence-corrected chi connectivity index (χ1v) is 8.96. The first-order chi connectivity index (χ1) is 12.5. The maximum absolute atomic E-state index is 12.4. The van der Waals surface area contributed by atoms with Gasteiger partial charge in [-0.25, -0.2) is 9.67 Å². The van der Waals surface area contributed by atoms with Crippen LogP contribution in [0.3, 0.4) is 0 Å². The number of nitrogens with zero attached hydrogens (tertiary/aromatic N) is 3. The second-order valence-electron chi connectivity index (χ2n) is 6.23. The zero-order chi connectivity index (χ0) is 18.7. The first-order valence-electron chi connectivity index (χ1n) is 8.58. The highest BCUT2D eigenvalue weighted by Gasteiger charge is 2.19. The van der Waals surface area contributed by atoms with Crippen LogP contribution in [0.4, 0.5) is 0 Å². The third-order valence-electron chi connectivity index (χ3n) is 4.01. The summed E-state index contributed by atoms with van der Waals surface area (Å²) in [5.74, 6) is 0.452. The van der Waals surface area contributed by atoms with Gasteiger partial charge < -0.3 is 5.32 Å². The molecule has 1 heterocycles. The number of carbonyl (C=O) groups is 1. The minimum atomic E-state index is -0.279. The van der Waals surface area contributed by atoms with Gasteiger partial charge in [-0.15, -0.1) is 5.10 Å². The van der Waals surface area contributed by atoms with E-state index in [1.54, 1.807) is 10.7 Å². The number of amides is 1. The van der Waals surface area contributed by atoms with E-state index in [0.717, 1.165) is 28.8 Å². The van der Waals surface area contributed by atoms with Gasteiger partial charge in [0.2, 0.25) is 5.82 Å². The summed E-state index contributed by atoms with van der Waals surface area (Å²) in [6, 6.07) is 13.5. The molecule has 134 valence electrons. The fourth-order valence-corrected chi connectivity index (χ4v) is 2.94. The lowest BCUT2D eigenvalue weighted by molar-refractivity contribution is 0.0943. The largest absolute Gasteiger partial charge is 0.349 e. The van der Waals surface area contributed by atoms with Crippen molar-refractivity contribution in [3.05, 3.63) is 64.4 Å². The van der Waals surface area contributed by atoms with E-state index < -0.39 is 0 Å². The maximum Gasteiger partial charge on any atom is 0.290 e. The average molecular weight is 369 g/mol. The SMILES string of the molecule is CCCNC(=O)c1nc(-c2cccc(Cl)c2)n(-c2ccc(C)cc2C)n1. The number of aryl methyl sites for hydroxylation is 2. The molecule has 2 aromatic carbocycles. The van der Waals surface area contributed by atoms with Crippen molar-refractivity contribution < 1.29 is 4.79 Å². The molecule has 5 nitrogen and oxygen atoms in total. The van der Waals surface area contributed by atoms with Crippen LogP contribution in [0.25, 0.3) is 17.1 Å². The normalized spacial score (nSPS) is 10.8. The Bertz CT molecular complexity index is 949. The van der Waals surface area contributed by atoms with E-state index in [1.807, 2.05) is 51.1 Å². The Morgan fingerprint density at radius 2 is 2.00 bits per heavy atom. The number of hydrogen-bond donors (Lipinski definition) is 1. The van der Waals surface area contributed by atoms with Crippen molar-refractivity contribution in [2.75, 3.05) is 6.54 Å². The molecular formula is C20H21ClN4O. The van der Waals surface area contributed by atoms with E-state index in [1.165, 1.54) is 0 Å². The van der Waals surface area contributed by atoms with Crippen LogP contribution in [0.2, 0.25) is 5.02 Å².